The Balaban J connectivity index is 2.58. The average molecular weight is 260 g/mol. The number of ether oxygens (including phenoxy) is 1. The molecule has 0 saturated carbocycles. The molecule has 2 rings (SSSR count). The Morgan fingerprint density at radius 3 is 2.58 bits per heavy atom. The number of nitrogens with two attached hydrogens (primary N) is 1. The molecule has 19 heavy (non-hydrogen) atoms. The molecule has 0 spiro atoms. The van der Waals surface area contributed by atoms with Crippen molar-refractivity contribution in [2.45, 2.75) is 32.6 Å². The van der Waals surface area contributed by atoms with E-state index < -0.39 is 0 Å². The number of nitrogens with zero attached hydrogens (tertiary/aromatic N) is 1. The lowest BCUT2D eigenvalue weighted by atomic mass is 9.92. The van der Waals surface area contributed by atoms with Gasteiger partial charge in [0.1, 0.15) is 5.75 Å². The second-order valence-electron chi connectivity index (χ2n) is 4.52. The molecule has 0 amide bonds. The van der Waals surface area contributed by atoms with Crippen molar-refractivity contribution >= 4 is 5.88 Å². The summed E-state index contributed by atoms with van der Waals surface area (Å²) in [5, 5.41) is 4.15. The first-order valence-corrected chi connectivity index (χ1v) is 6.61. The number of hydrogen-bond donors (Lipinski definition) is 1. The van der Waals surface area contributed by atoms with E-state index >= 15 is 0 Å². The summed E-state index contributed by atoms with van der Waals surface area (Å²) in [7, 11) is 1.65. The lowest BCUT2D eigenvalue weighted by molar-refractivity contribution is 0.416. The van der Waals surface area contributed by atoms with Crippen LogP contribution in [0.2, 0.25) is 0 Å². The van der Waals surface area contributed by atoms with Crippen LogP contribution in [0.4, 0.5) is 5.88 Å². The van der Waals surface area contributed by atoms with E-state index in [-0.39, 0.29) is 0 Å². The first-order valence-electron chi connectivity index (χ1n) is 6.61. The van der Waals surface area contributed by atoms with Crippen molar-refractivity contribution in [2.24, 2.45) is 0 Å². The second kappa shape index (κ2) is 5.78. The molecule has 1 aromatic carbocycles. The highest BCUT2D eigenvalue weighted by Gasteiger charge is 2.23. The van der Waals surface area contributed by atoms with E-state index in [1.807, 2.05) is 24.3 Å². The highest BCUT2D eigenvalue weighted by atomic mass is 16.5. The molecule has 0 saturated heterocycles. The number of anilines is 1. The second-order valence-corrected chi connectivity index (χ2v) is 4.52. The molecule has 102 valence electrons. The molecule has 0 aliphatic heterocycles. The molecule has 0 radical (unpaired) electrons. The minimum atomic E-state index is 0.348. The number of methoxy groups -OCH3 is 1. The molecule has 4 heteroatoms. The Bertz CT molecular complexity index is 545. The van der Waals surface area contributed by atoms with Crippen molar-refractivity contribution in [3.63, 3.8) is 0 Å². The summed E-state index contributed by atoms with van der Waals surface area (Å²) < 4.78 is 10.6. The first kappa shape index (κ1) is 13.5. The third kappa shape index (κ3) is 2.43. The minimum Gasteiger partial charge on any atom is -0.496 e. The molecule has 0 aliphatic carbocycles. The monoisotopic (exact) mass is 260 g/mol. The SMILES string of the molecule is CCC(CC)c1noc(N)c1-c1ccccc1OC. The number of rotatable bonds is 5. The van der Waals surface area contributed by atoms with E-state index in [4.69, 9.17) is 15.0 Å². The molecule has 0 atom stereocenters. The molecular weight excluding hydrogens is 240 g/mol. The van der Waals surface area contributed by atoms with Crippen LogP contribution in [0, 0.1) is 0 Å². The zero-order chi connectivity index (χ0) is 13.8. The van der Waals surface area contributed by atoms with E-state index in [1.165, 1.54) is 0 Å². The summed E-state index contributed by atoms with van der Waals surface area (Å²) in [5.41, 5.74) is 8.69. The van der Waals surface area contributed by atoms with E-state index in [1.54, 1.807) is 7.11 Å². The van der Waals surface area contributed by atoms with E-state index in [2.05, 4.69) is 19.0 Å². The van der Waals surface area contributed by atoms with Gasteiger partial charge in [-0.1, -0.05) is 37.2 Å². The molecule has 0 bridgehead atoms. The molecule has 0 fully saturated rings. The topological polar surface area (TPSA) is 61.3 Å². The van der Waals surface area contributed by atoms with Crippen molar-refractivity contribution in [1.29, 1.82) is 0 Å². The Hall–Kier alpha value is -1.97. The summed E-state index contributed by atoms with van der Waals surface area (Å²) in [6, 6.07) is 7.79. The van der Waals surface area contributed by atoms with Gasteiger partial charge in [-0.15, -0.1) is 0 Å². The normalized spacial score (nSPS) is 10.9. The lowest BCUT2D eigenvalue weighted by Crippen LogP contribution is -2.00. The highest BCUT2D eigenvalue weighted by molar-refractivity contribution is 5.80. The van der Waals surface area contributed by atoms with Gasteiger partial charge in [-0.2, -0.15) is 0 Å². The predicted molar refractivity (Wildman–Crippen MR) is 76.2 cm³/mol. The lowest BCUT2D eigenvalue weighted by Gasteiger charge is -2.13. The van der Waals surface area contributed by atoms with Crippen LogP contribution in [-0.2, 0) is 0 Å². The van der Waals surface area contributed by atoms with Gasteiger partial charge in [-0.25, -0.2) is 0 Å². The fourth-order valence-corrected chi connectivity index (χ4v) is 2.39. The van der Waals surface area contributed by atoms with Crippen molar-refractivity contribution in [3.05, 3.63) is 30.0 Å². The Morgan fingerprint density at radius 1 is 1.26 bits per heavy atom. The van der Waals surface area contributed by atoms with Gasteiger partial charge in [-0.05, 0) is 18.9 Å². The van der Waals surface area contributed by atoms with Crippen LogP contribution in [0.15, 0.2) is 28.8 Å². The number of para-hydroxylation sites is 1. The van der Waals surface area contributed by atoms with Crippen LogP contribution in [0.5, 0.6) is 5.75 Å². The van der Waals surface area contributed by atoms with Gasteiger partial charge in [0.25, 0.3) is 0 Å². The molecule has 1 aromatic heterocycles. The maximum Gasteiger partial charge on any atom is 0.230 e. The highest BCUT2D eigenvalue weighted by Crippen LogP contribution is 2.40. The van der Waals surface area contributed by atoms with E-state index in [0.717, 1.165) is 35.4 Å². The molecule has 2 N–H and O–H groups in total. The first-order chi connectivity index (χ1) is 9.22. The van der Waals surface area contributed by atoms with E-state index in [0.29, 0.717) is 11.8 Å². The minimum absolute atomic E-state index is 0.348. The van der Waals surface area contributed by atoms with E-state index in [9.17, 15) is 0 Å². The Labute approximate surface area is 113 Å². The van der Waals surface area contributed by atoms with Crippen molar-refractivity contribution in [3.8, 4) is 16.9 Å². The zero-order valence-corrected chi connectivity index (χ0v) is 11.6. The van der Waals surface area contributed by atoms with Gasteiger partial charge >= 0.3 is 0 Å². The standard InChI is InChI=1S/C15H20N2O2/c1-4-10(5-2)14-13(15(16)19-17-14)11-8-6-7-9-12(11)18-3/h6-10H,4-5,16H2,1-3H3. The molecule has 2 aromatic rings. The summed E-state index contributed by atoms with van der Waals surface area (Å²) >= 11 is 0. The molecular formula is C15H20N2O2. The molecule has 1 heterocycles. The van der Waals surface area contributed by atoms with Crippen molar-refractivity contribution in [1.82, 2.24) is 5.16 Å². The van der Waals surface area contributed by atoms with Crippen LogP contribution in [-0.4, -0.2) is 12.3 Å². The van der Waals surface area contributed by atoms with Crippen LogP contribution >= 0.6 is 0 Å². The third-order valence-electron chi connectivity index (χ3n) is 3.49. The zero-order valence-electron chi connectivity index (χ0n) is 11.6. The molecule has 0 aliphatic rings. The number of benzene rings is 1. The van der Waals surface area contributed by atoms with Gasteiger partial charge < -0.3 is 15.0 Å². The Kier molecular flexibility index (Phi) is 4.10. The van der Waals surface area contributed by atoms with Gasteiger partial charge in [-0.3, -0.25) is 0 Å². The number of aromatic nitrogens is 1. The maximum absolute atomic E-state index is 5.96. The Morgan fingerprint density at radius 2 is 1.95 bits per heavy atom. The van der Waals surface area contributed by atoms with Gasteiger partial charge in [0.2, 0.25) is 5.88 Å². The van der Waals surface area contributed by atoms with Crippen molar-refractivity contribution < 1.29 is 9.26 Å². The number of nitrogen functional groups attached to an aromatic ring is 1. The summed E-state index contributed by atoms with van der Waals surface area (Å²) in [5.74, 6) is 1.48. The van der Waals surface area contributed by atoms with Gasteiger partial charge in [0.15, 0.2) is 0 Å². The fraction of sp³-hybridized carbons (Fsp3) is 0.400. The summed E-state index contributed by atoms with van der Waals surface area (Å²) in [6.45, 7) is 4.29. The maximum atomic E-state index is 5.96. The predicted octanol–water partition coefficient (Wildman–Crippen LogP) is 3.84. The average Bonchev–Trinajstić information content (AvgIpc) is 2.82. The van der Waals surface area contributed by atoms with Crippen LogP contribution in [0.25, 0.3) is 11.1 Å². The third-order valence-corrected chi connectivity index (χ3v) is 3.49. The quantitative estimate of drug-likeness (QED) is 0.887. The largest absolute Gasteiger partial charge is 0.496 e. The van der Waals surface area contributed by atoms with Crippen LogP contribution < -0.4 is 10.5 Å². The van der Waals surface area contributed by atoms with Crippen molar-refractivity contribution in [2.75, 3.05) is 12.8 Å². The van der Waals surface area contributed by atoms with Crippen LogP contribution in [0.1, 0.15) is 38.3 Å². The molecule has 4 nitrogen and oxygen atoms in total. The smallest absolute Gasteiger partial charge is 0.230 e. The van der Waals surface area contributed by atoms with Gasteiger partial charge in [0.05, 0.1) is 18.4 Å². The summed E-state index contributed by atoms with van der Waals surface area (Å²) in [4.78, 5) is 0. The van der Waals surface area contributed by atoms with Gasteiger partial charge in [0, 0.05) is 11.5 Å². The fourth-order valence-electron chi connectivity index (χ4n) is 2.39. The molecule has 0 unspecified atom stereocenters. The van der Waals surface area contributed by atoms with Crippen LogP contribution in [0.3, 0.4) is 0 Å². The number of hydrogen-bond acceptors (Lipinski definition) is 4. The summed E-state index contributed by atoms with van der Waals surface area (Å²) in [6.07, 6.45) is 2.01.